The minimum absolute atomic E-state index is 0.103. The van der Waals surface area contributed by atoms with Crippen LogP contribution in [0.3, 0.4) is 0 Å². The van der Waals surface area contributed by atoms with E-state index < -0.39 is 0 Å². The number of rotatable bonds is 8. The standard InChI is InChI=1S/C15H16N4O2S4/c1-3-21-9-5-6-10-11(7-9)24-13(16-10)17-12(20)8-23-15-19-18-14(25-15)22-4-2/h5-7H,3-4,8H2,1-2H3,(H,16,17,20). The predicted octanol–water partition coefficient (Wildman–Crippen LogP) is 4.39. The zero-order valence-corrected chi connectivity index (χ0v) is 16.9. The van der Waals surface area contributed by atoms with E-state index in [1.165, 1.54) is 34.4 Å². The summed E-state index contributed by atoms with van der Waals surface area (Å²) in [5.74, 6) is 1.95. The molecule has 3 rings (SSSR count). The van der Waals surface area contributed by atoms with Crippen LogP contribution in [0.2, 0.25) is 0 Å². The van der Waals surface area contributed by atoms with Crippen molar-refractivity contribution in [3.8, 4) is 5.75 Å². The molecule has 0 aliphatic heterocycles. The Hall–Kier alpha value is -1.36. The summed E-state index contributed by atoms with van der Waals surface area (Å²) in [6.45, 7) is 4.64. The molecule has 1 amide bonds. The summed E-state index contributed by atoms with van der Waals surface area (Å²) in [6.07, 6.45) is 0. The number of fused-ring (bicyclic) bond motifs is 1. The Morgan fingerprint density at radius 2 is 2.00 bits per heavy atom. The number of nitrogens with one attached hydrogen (secondary N) is 1. The van der Waals surface area contributed by atoms with Crippen LogP contribution in [-0.2, 0) is 4.79 Å². The average Bonchev–Trinajstić information content (AvgIpc) is 3.19. The zero-order chi connectivity index (χ0) is 17.6. The first-order valence-electron chi connectivity index (χ1n) is 7.60. The molecule has 0 radical (unpaired) electrons. The van der Waals surface area contributed by atoms with Gasteiger partial charge in [-0.2, -0.15) is 0 Å². The van der Waals surface area contributed by atoms with Crippen molar-refractivity contribution >= 4 is 67.5 Å². The number of aromatic nitrogens is 3. The lowest BCUT2D eigenvalue weighted by Crippen LogP contribution is -2.13. The van der Waals surface area contributed by atoms with Crippen molar-refractivity contribution in [3.05, 3.63) is 18.2 Å². The van der Waals surface area contributed by atoms with Gasteiger partial charge >= 0.3 is 0 Å². The third-order valence-electron chi connectivity index (χ3n) is 2.90. The monoisotopic (exact) mass is 412 g/mol. The van der Waals surface area contributed by atoms with Crippen molar-refractivity contribution in [1.29, 1.82) is 0 Å². The van der Waals surface area contributed by atoms with Crippen molar-refractivity contribution in [2.75, 3.05) is 23.4 Å². The Labute approximate surface area is 161 Å². The fourth-order valence-electron chi connectivity index (χ4n) is 1.93. The number of nitrogens with zero attached hydrogens (tertiary/aromatic N) is 3. The Morgan fingerprint density at radius 1 is 1.20 bits per heavy atom. The van der Waals surface area contributed by atoms with Gasteiger partial charge in [-0.3, -0.25) is 4.79 Å². The van der Waals surface area contributed by atoms with Gasteiger partial charge in [0, 0.05) is 0 Å². The Bertz CT molecular complexity index is 864. The van der Waals surface area contributed by atoms with Crippen LogP contribution in [0.15, 0.2) is 26.9 Å². The van der Waals surface area contributed by atoms with Gasteiger partial charge in [0.25, 0.3) is 0 Å². The maximum Gasteiger partial charge on any atom is 0.236 e. The largest absolute Gasteiger partial charge is 0.494 e. The van der Waals surface area contributed by atoms with Crippen LogP contribution in [0.1, 0.15) is 13.8 Å². The van der Waals surface area contributed by atoms with E-state index in [9.17, 15) is 4.79 Å². The number of carbonyl (C=O) groups excluding carboxylic acids is 1. The van der Waals surface area contributed by atoms with Crippen LogP contribution in [0.25, 0.3) is 10.2 Å². The van der Waals surface area contributed by atoms with Gasteiger partial charge in [0.2, 0.25) is 5.91 Å². The molecule has 0 fully saturated rings. The first-order chi connectivity index (χ1) is 12.2. The highest BCUT2D eigenvalue weighted by molar-refractivity contribution is 8.03. The van der Waals surface area contributed by atoms with Crippen LogP contribution in [0.4, 0.5) is 5.13 Å². The van der Waals surface area contributed by atoms with E-state index in [0.717, 1.165) is 30.4 Å². The number of carbonyl (C=O) groups is 1. The van der Waals surface area contributed by atoms with Gasteiger partial charge in [-0.25, -0.2) is 4.98 Å². The highest BCUT2D eigenvalue weighted by Crippen LogP contribution is 2.30. The number of hydrogen-bond acceptors (Lipinski definition) is 9. The number of amides is 1. The first-order valence-corrected chi connectivity index (χ1v) is 11.2. The van der Waals surface area contributed by atoms with Gasteiger partial charge < -0.3 is 10.1 Å². The van der Waals surface area contributed by atoms with Crippen LogP contribution in [-0.4, -0.2) is 39.2 Å². The highest BCUT2D eigenvalue weighted by Gasteiger charge is 2.11. The molecule has 25 heavy (non-hydrogen) atoms. The molecule has 10 heteroatoms. The molecule has 1 aromatic carbocycles. The van der Waals surface area contributed by atoms with Crippen molar-refractivity contribution in [2.45, 2.75) is 22.5 Å². The molecule has 0 aliphatic carbocycles. The van der Waals surface area contributed by atoms with Crippen molar-refractivity contribution in [3.63, 3.8) is 0 Å². The van der Waals surface area contributed by atoms with E-state index in [2.05, 4.69) is 27.4 Å². The topological polar surface area (TPSA) is 77.0 Å². The second kappa shape index (κ2) is 8.84. The molecule has 0 bridgehead atoms. The molecular formula is C15H16N4O2S4. The SMILES string of the molecule is CCOc1ccc2nc(NC(=O)CSc3nnc(SCC)s3)sc2c1. The van der Waals surface area contributed by atoms with Crippen molar-refractivity contribution < 1.29 is 9.53 Å². The van der Waals surface area contributed by atoms with Gasteiger partial charge in [-0.15, -0.1) is 10.2 Å². The minimum Gasteiger partial charge on any atom is -0.494 e. The summed E-state index contributed by atoms with van der Waals surface area (Å²) in [5.41, 5.74) is 0.849. The normalized spacial score (nSPS) is 11.0. The molecule has 2 heterocycles. The third kappa shape index (κ3) is 5.06. The highest BCUT2D eigenvalue weighted by atomic mass is 32.2. The lowest BCUT2D eigenvalue weighted by molar-refractivity contribution is -0.113. The first kappa shape index (κ1) is 18.4. The second-order valence-corrected chi connectivity index (χ2v) is 9.43. The minimum atomic E-state index is -0.103. The van der Waals surface area contributed by atoms with Crippen molar-refractivity contribution in [1.82, 2.24) is 15.2 Å². The fourth-order valence-corrected chi connectivity index (χ4v) is 5.56. The maximum absolute atomic E-state index is 12.1. The molecule has 2 aromatic heterocycles. The summed E-state index contributed by atoms with van der Waals surface area (Å²) < 4.78 is 8.21. The van der Waals surface area contributed by atoms with E-state index >= 15 is 0 Å². The molecule has 0 spiro atoms. The van der Waals surface area contributed by atoms with Gasteiger partial charge in [0.1, 0.15) is 5.75 Å². The molecule has 6 nitrogen and oxygen atoms in total. The number of hydrogen-bond donors (Lipinski definition) is 1. The number of benzene rings is 1. The van der Waals surface area contributed by atoms with E-state index in [1.54, 1.807) is 11.8 Å². The lowest BCUT2D eigenvalue weighted by Gasteiger charge is -2.00. The number of thiazole rings is 1. The molecular weight excluding hydrogens is 396 g/mol. The quantitative estimate of drug-likeness (QED) is 0.550. The van der Waals surface area contributed by atoms with Crippen LogP contribution < -0.4 is 10.1 Å². The van der Waals surface area contributed by atoms with Gasteiger partial charge in [-0.1, -0.05) is 53.1 Å². The molecule has 0 aliphatic rings. The molecule has 132 valence electrons. The van der Waals surface area contributed by atoms with E-state index in [0.29, 0.717) is 11.7 Å². The number of anilines is 1. The van der Waals surface area contributed by atoms with E-state index in [1.807, 2.05) is 25.1 Å². The molecule has 3 aromatic rings. The second-order valence-electron chi connectivity index (χ2n) is 4.69. The van der Waals surface area contributed by atoms with Gasteiger partial charge in [0.05, 0.1) is 22.6 Å². The summed E-state index contributed by atoms with van der Waals surface area (Å²) in [7, 11) is 0. The maximum atomic E-state index is 12.1. The van der Waals surface area contributed by atoms with E-state index in [-0.39, 0.29) is 11.7 Å². The van der Waals surface area contributed by atoms with Crippen molar-refractivity contribution in [2.24, 2.45) is 0 Å². The van der Waals surface area contributed by atoms with Crippen LogP contribution in [0.5, 0.6) is 5.75 Å². The fraction of sp³-hybridized carbons (Fsp3) is 0.333. The Morgan fingerprint density at radius 3 is 2.76 bits per heavy atom. The van der Waals surface area contributed by atoms with E-state index in [4.69, 9.17) is 4.74 Å². The predicted molar refractivity (Wildman–Crippen MR) is 106 cm³/mol. The molecule has 0 saturated heterocycles. The molecule has 0 saturated carbocycles. The molecule has 0 atom stereocenters. The summed E-state index contributed by atoms with van der Waals surface area (Å²) in [5, 5.41) is 11.6. The number of thioether (sulfide) groups is 2. The molecule has 0 unspecified atom stereocenters. The summed E-state index contributed by atoms with van der Waals surface area (Å²) in [6, 6.07) is 5.72. The number of ether oxygens (including phenoxy) is 1. The average molecular weight is 413 g/mol. The molecule has 1 N–H and O–H groups in total. The van der Waals surface area contributed by atoms with Crippen LogP contribution in [0, 0.1) is 0 Å². The Kier molecular flexibility index (Phi) is 6.51. The van der Waals surface area contributed by atoms with Gasteiger partial charge in [-0.05, 0) is 30.9 Å². The Balaban J connectivity index is 1.57. The smallest absolute Gasteiger partial charge is 0.236 e. The third-order valence-corrected chi connectivity index (χ3v) is 6.91. The summed E-state index contributed by atoms with van der Waals surface area (Å²) >= 11 is 5.99. The lowest BCUT2D eigenvalue weighted by atomic mass is 10.3. The summed E-state index contributed by atoms with van der Waals surface area (Å²) in [4.78, 5) is 16.6. The van der Waals surface area contributed by atoms with Crippen LogP contribution >= 0.6 is 46.2 Å². The zero-order valence-electron chi connectivity index (χ0n) is 13.6. The van der Waals surface area contributed by atoms with Gasteiger partial charge in [0.15, 0.2) is 13.8 Å².